The molecular formula is C19H25Cl3O4. The summed E-state index contributed by atoms with van der Waals surface area (Å²) in [6.45, 7) is 6.07. The van der Waals surface area contributed by atoms with E-state index >= 15 is 0 Å². The lowest BCUT2D eigenvalue weighted by Crippen LogP contribution is -2.23. The maximum Gasteiger partial charge on any atom is 0.306 e. The first kappa shape index (κ1) is 23.1. The predicted octanol–water partition coefficient (Wildman–Crippen LogP) is 6.23. The van der Waals surface area contributed by atoms with Crippen molar-refractivity contribution < 1.29 is 19.1 Å². The molecule has 0 saturated heterocycles. The van der Waals surface area contributed by atoms with E-state index in [0.29, 0.717) is 27.1 Å². The summed E-state index contributed by atoms with van der Waals surface area (Å²) in [7, 11) is 0. The van der Waals surface area contributed by atoms with E-state index in [-0.39, 0.29) is 37.4 Å². The number of hydrogen-bond donors (Lipinski definition) is 0. The number of carbonyl (C=O) groups excluding carboxylic acids is 2. The van der Waals surface area contributed by atoms with Crippen LogP contribution in [0.2, 0.25) is 15.1 Å². The van der Waals surface area contributed by atoms with Crippen molar-refractivity contribution in [3.63, 3.8) is 0 Å². The normalized spacial score (nSPS) is 12.1. The van der Waals surface area contributed by atoms with E-state index in [2.05, 4.69) is 6.92 Å². The topological polar surface area (TPSA) is 52.6 Å². The Bertz CT molecular complexity index is 594. The van der Waals surface area contributed by atoms with Gasteiger partial charge < -0.3 is 9.47 Å². The summed E-state index contributed by atoms with van der Waals surface area (Å²) in [5.74, 6) is -0.430. The van der Waals surface area contributed by atoms with Crippen LogP contribution >= 0.6 is 34.8 Å². The highest BCUT2D eigenvalue weighted by Crippen LogP contribution is 2.29. The highest BCUT2D eigenvalue weighted by atomic mass is 35.5. The SMILES string of the molecule is CCCC(OC(=O)CCCC(=O)OCc1c(Cl)cc(Cl)cc1Cl)C(C)C. The molecule has 0 aromatic heterocycles. The minimum Gasteiger partial charge on any atom is -0.462 e. The molecule has 0 spiro atoms. The molecule has 0 amide bonds. The van der Waals surface area contributed by atoms with Gasteiger partial charge in [0.1, 0.15) is 12.7 Å². The van der Waals surface area contributed by atoms with Crippen LogP contribution in [-0.4, -0.2) is 18.0 Å². The molecule has 0 fully saturated rings. The molecule has 146 valence electrons. The second kappa shape index (κ2) is 11.7. The monoisotopic (exact) mass is 422 g/mol. The van der Waals surface area contributed by atoms with Gasteiger partial charge in [-0.3, -0.25) is 9.59 Å². The van der Waals surface area contributed by atoms with Gasteiger partial charge in [0.25, 0.3) is 0 Å². The van der Waals surface area contributed by atoms with E-state index in [1.807, 2.05) is 13.8 Å². The Morgan fingerprint density at radius 1 is 1.04 bits per heavy atom. The lowest BCUT2D eigenvalue weighted by molar-refractivity contribution is -0.152. The van der Waals surface area contributed by atoms with Crippen molar-refractivity contribution in [2.45, 2.75) is 65.6 Å². The van der Waals surface area contributed by atoms with Gasteiger partial charge in [-0.05, 0) is 30.9 Å². The van der Waals surface area contributed by atoms with Crippen LogP contribution in [0.25, 0.3) is 0 Å². The second-order valence-corrected chi connectivity index (χ2v) is 7.67. The third kappa shape index (κ3) is 8.15. The minimum atomic E-state index is -0.422. The Morgan fingerprint density at radius 3 is 2.15 bits per heavy atom. The van der Waals surface area contributed by atoms with Crippen LogP contribution in [0.3, 0.4) is 0 Å². The Labute approximate surface area is 170 Å². The molecule has 7 heteroatoms. The fourth-order valence-corrected chi connectivity index (χ4v) is 3.28. The summed E-state index contributed by atoms with van der Waals surface area (Å²) < 4.78 is 10.6. The molecule has 1 unspecified atom stereocenters. The zero-order valence-corrected chi connectivity index (χ0v) is 17.6. The largest absolute Gasteiger partial charge is 0.462 e. The highest BCUT2D eigenvalue weighted by molar-refractivity contribution is 6.39. The summed E-state index contributed by atoms with van der Waals surface area (Å²) in [5, 5.41) is 1.10. The van der Waals surface area contributed by atoms with Crippen molar-refractivity contribution in [2.24, 2.45) is 5.92 Å². The number of halogens is 3. The van der Waals surface area contributed by atoms with Crippen molar-refractivity contribution in [1.29, 1.82) is 0 Å². The summed E-state index contributed by atoms with van der Waals surface area (Å²) in [5.41, 5.74) is 0.504. The van der Waals surface area contributed by atoms with Crippen LogP contribution in [-0.2, 0) is 25.7 Å². The first-order valence-corrected chi connectivity index (χ1v) is 9.86. The summed E-state index contributed by atoms with van der Waals surface area (Å²) in [6.07, 6.45) is 2.40. The molecule has 0 aliphatic rings. The van der Waals surface area contributed by atoms with Gasteiger partial charge in [0.15, 0.2) is 0 Å². The van der Waals surface area contributed by atoms with E-state index in [9.17, 15) is 9.59 Å². The van der Waals surface area contributed by atoms with Crippen LogP contribution in [0.4, 0.5) is 0 Å². The minimum absolute atomic E-state index is 0.0377. The van der Waals surface area contributed by atoms with Crippen molar-refractivity contribution in [3.8, 4) is 0 Å². The van der Waals surface area contributed by atoms with E-state index in [1.165, 1.54) is 12.1 Å². The number of rotatable bonds is 10. The fraction of sp³-hybridized carbons (Fsp3) is 0.579. The van der Waals surface area contributed by atoms with Gasteiger partial charge in [0.05, 0.1) is 10.0 Å². The molecule has 1 atom stereocenters. The number of esters is 2. The molecule has 26 heavy (non-hydrogen) atoms. The van der Waals surface area contributed by atoms with Crippen molar-refractivity contribution >= 4 is 46.7 Å². The molecule has 0 saturated carbocycles. The fourth-order valence-electron chi connectivity index (χ4n) is 2.35. The highest BCUT2D eigenvalue weighted by Gasteiger charge is 2.18. The van der Waals surface area contributed by atoms with Crippen molar-refractivity contribution in [3.05, 3.63) is 32.8 Å². The third-order valence-corrected chi connectivity index (χ3v) is 4.74. The first-order chi connectivity index (χ1) is 12.2. The van der Waals surface area contributed by atoms with Crippen LogP contribution in [0.15, 0.2) is 12.1 Å². The van der Waals surface area contributed by atoms with Crippen molar-refractivity contribution in [2.75, 3.05) is 0 Å². The number of benzene rings is 1. The summed E-state index contributed by atoms with van der Waals surface area (Å²) in [6, 6.07) is 3.07. The van der Waals surface area contributed by atoms with Gasteiger partial charge in [-0.25, -0.2) is 0 Å². The molecule has 0 bridgehead atoms. The molecule has 0 radical (unpaired) electrons. The van der Waals surface area contributed by atoms with E-state index in [1.54, 1.807) is 0 Å². The zero-order valence-electron chi connectivity index (χ0n) is 15.3. The standard InChI is InChI=1S/C19H25Cl3O4/c1-4-6-17(12(2)3)26-19(24)8-5-7-18(23)25-11-14-15(21)9-13(20)10-16(14)22/h9-10,12,17H,4-8,11H2,1-3H3. The van der Waals surface area contributed by atoms with Crippen LogP contribution in [0, 0.1) is 5.92 Å². The molecule has 4 nitrogen and oxygen atoms in total. The third-order valence-electron chi connectivity index (χ3n) is 3.84. The molecule has 1 aromatic rings. The Kier molecular flexibility index (Phi) is 10.4. The van der Waals surface area contributed by atoms with E-state index < -0.39 is 5.97 Å². The predicted molar refractivity (Wildman–Crippen MR) is 105 cm³/mol. The van der Waals surface area contributed by atoms with Crippen LogP contribution in [0.1, 0.15) is 58.4 Å². The molecule has 0 N–H and O–H groups in total. The Balaban J connectivity index is 2.36. The average Bonchev–Trinajstić information content (AvgIpc) is 2.53. The van der Waals surface area contributed by atoms with E-state index in [0.717, 1.165) is 12.8 Å². The summed E-state index contributed by atoms with van der Waals surface area (Å²) in [4.78, 5) is 23.7. The quantitative estimate of drug-likeness (QED) is 0.419. The van der Waals surface area contributed by atoms with Gasteiger partial charge in [-0.2, -0.15) is 0 Å². The maximum absolute atomic E-state index is 11.9. The van der Waals surface area contributed by atoms with E-state index in [4.69, 9.17) is 44.3 Å². The number of ether oxygens (including phenoxy) is 2. The lowest BCUT2D eigenvalue weighted by Gasteiger charge is -2.20. The van der Waals surface area contributed by atoms with Gasteiger partial charge in [-0.15, -0.1) is 0 Å². The molecule has 1 aromatic carbocycles. The zero-order chi connectivity index (χ0) is 19.7. The van der Waals surface area contributed by atoms with Gasteiger partial charge in [-0.1, -0.05) is 62.0 Å². The lowest BCUT2D eigenvalue weighted by atomic mass is 10.0. The van der Waals surface area contributed by atoms with Gasteiger partial charge >= 0.3 is 11.9 Å². The molecule has 1 rings (SSSR count). The van der Waals surface area contributed by atoms with Gasteiger partial charge in [0.2, 0.25) is 0 Å². The average molecular weight is 424 g/mol. The van der Waals surface area contributed by atoms with Gasteiger partial charge in [0, 0.05) is 23.4 Å². The first-order valence-electron chi connectivity index (χ1n) is 8.73. The molecular weight excluding hydrogens is 399 g/mol. The second-order valence-electron chi connectivity index (χ2n) is 6.42. The van der Waals surface area contributed by atoms with Crippen LogP contribution < -0.4 is 0 Å². The summed E-state index contributed by atoms with van der Waals surface area (Å²) >= 11 is 17.9. The van der Waals surface area contributed by atoms with Crippen molar-refractivity contribution in [1.82, 2.24) is 0 Å². The molecule has 0 aliphatic heterocycles. The Hall–Kier alpha value is -0.970. The number of hydrogen-bond acceptors (Lipinski definition) is 4. The van der Waals surface area contributed by atoms with Crippen LogP contribution in [0.5, 0.6) is 0 Å². The Morgan fingerprint density at radius 2 is 1.62 bits per heavy atom. The smallest absolute Gasteiger partial charge is 0.306 e. The molecule has 0 heterocycles. The molecule has 0 aliphatic carbocycles. The maximum atomic E-state index is 11.9. The number of carbonyl (C=O) groups is 2.